The van der Waals surface area contributed by atoms with E-state index < -0.39 is 0 Å². The third-order valence-electron chi connectivity index (χ3n) is 2.08. The quantitative estimate of drug-likeness (QED) is 0.822. The van der Waals surface area contributed by atoms with Crippen molar-refractivity contribution < 1.29 is 4.52 Å². The van der Waals surface area contributed by atoms with Crippen LogP contribution in [-0.2, 0) is 5.75 Å². The smallest absolute Gasteiger partial charge is 0.206 e. The van der Waals surface area contributed by atoms with Crippen LogP contribution in [0, 0.1) is 12.8 Å². The summed E-state index contributed by atoms with van der Waals surface area (Å²) < 4.78 is 6.08. The zero-order valence-electron chi connectivity index (χ0n) is 10.6. The second-order valence-corrected chi connectivity index (χ2v) is 6.57. The minimum absolute atomic E-state index is 0.599. The molecule has 7 heteroatoms. The molecule has 0 saturated carbocycles. The Morgan fingerprint density at radius 2 is 2.28 bits per heavy atom. The van der Waals surface area contributed by atoms with Crippen LogP contribution in [0.5, 0.6) is 0 Å². The molecule has 2 heterocycles. The van der Waals surface area contributed by atoms with E-state index in [0.29, 0.717) is 5.92 Å². The lowest BCUT2D eigenvalue weighted by molar-refractivity contribution is 0.391. The molecule has 0 fully saturated rings. The molecule has 5 nitrogen and oxygen atoms in total. The molecule has 2 rings (SSSR count). The highest BCUT2D eigenvalue weighted by Crippen LogP contribution is 2.28. The lowest BCUT2D eigenvalue weighted by atomic mass is 10.2. The van der Waals surface area contributed by atoms with Crippen LogP contribution in [0.15, 0.2) is 14.9 Å². The van der Waals surface area contributed by atoms with Crippen molar-refractivity contribution in [2.24, 2.45) is 5.92 Å². The summed E-state index contributed by atoms with van der Waals surface area (Å²) in [6.45, 7) is 7.16. The number of nitrogens with zero attached hydrogens (tertiary/aromatic N) is 3. The zero-order chi connectivity index (χ0) is 13.0. The summed E-state index contributed by atoms with van der Waals surface area (Å²) in [5.41, 5.74) is 0.905. The van der Waals surface area contributed by atoms with Crippen molar-refractivity contribution in [2.75, 3.05) is 11.9 Å². The molecule has 98 valence electrons. The first-order chi connectivity index (χ1) is 8.63. The summed E-state index contributed by atoms with van der Waals surface area (Å²) in [5.74, 6) is 2.20. The lowest BCUT2D eigenvalue weighted by Gasteiger charge is -2.03. The molecule has 1 N–H and O–H groups in total. The largest absolute Gasteiger partial charge is 0.360 e. The van der Waals surface area contributed by atoms with Crippen LogP contribution >= 0.6 is 23.1 Å². The van der Waals surface area contributed by atoms with Crippen LogP contribution in [0.2, 0.25) is 0 Å². The van der Waals surface area contributed by atoms with Gasteiger partial charge in [0.2, 0.25) is 5.13 Å². The number of thioether (sulfide) groups is 1. The Labute approximate surface area is 114 Å². The van der Waals surface area contributed by atoms with Crippen molar-refractivity contribution >= 4 is 28.2 Å². The van der Waals surface area contributed by atoms with Gasteiger partial charge in [-0.25, -0.2) is 0 Å². The molecule has 2 aromatic rings. The fourth-order valence-corrected chi connectivity index (χ4v) is 2.88. The monoisotopic (exact) mass is 284 g/mol. The van der Waals surface area contributed by atoms with Gasteiger partial charge in [-0.1, -0.05) is 42.1 Å². The van der Waals surface area contributed by atoms with Gasteiger partial charge in [0.1, 0.15) is 5.76 Å². The van der Waals surface area contributed by atoms with Crippen molar-refractivity contribution in [3.05, 3.63) is 17.5 Å². The van der Waals surface area contributed by atoms with Gasteiger partial charge < -0.3 is 9.84 Å². The van der Waals surface area contributed by atoms with Crippen LogP contribution in [0.25, 0.3) is 0 Å². The van der Waals surface area contributed by atoms with E-state index in [9.17, 15) is 0 Å². The molecular formula is C11H16N4OS2. The first-order valence-corrected chi connectivity index (χ1v) is 7.56. The van der Waals surface area contributed by atoms with Gasteiger partial charge in [0.05, 0.1) is 11.4 Å². The number of rotatable bonds is 6. The second-order valence-electron chi connectivity index (χ2n) is 4.37. The molecular weight excluding hydrogens is 268 g/mol. The van der Waals surface area contributed by atoms with Gasteiger partial charge in [-0.05, 0) is 12.8 Å². The van der Waals surface area contributed by atoms with E-state index in [1.54, 1.807) is 23.1 Å². The topological polar surface area (TPSA) is 63.8 Å². The van der Waals surface area contributed by atoms with Crippen LogP contribution in [-0.4, -0.2) is 21.9 Å². The van der Waals surface area contributed by atoms with Crippen LogP contribution < -0.4 is 5.32 Å². The molecule has 0 saturated heterocycles. The maximum Gasteiger partial charge on any atom is 0.206 e. The highest BCUT2D eigenvalue weighted by atomic mass is 32.2. The standard InChI is InChI=1S/C11H16N4OS2/c1-7(2)5-12-10-13-14-11(18-10)17-6-9-4-8(3)15-16-9/h4,7H,5-6H2,1-3H3,(H,12,13). The van der Waals surface area contributed by atoms with E-state index in [2.05, 4.69) is 34.5 Å². The molecule has 0 atom stereocenters. The van der Waals surface area contributed by atoms with Gasteiger partial charge in [-0.15, -0.1) is 10.2 Å². The molecule has 0 aliphatic carbocycles. The van der Waals surface area contributed by atoms with E-state index in [1.807, 2.05) is 13.0 Å². The minimum atomic E-state index is 0.599. The predicted octanol–water partition coefficient (Wildman–Crippen LogP) is 3.19. The Kier molecular flexibility index (Phi) is 4.60. The summed E-state index contributed by atoms with van der Waals surface area (Å²) in [6, 6.07) is 1.94. The summed E-state index contributed by atoms with van der Waals surface area (Å²) in [4.78, 5) is 0. The first-order valence-electron chi connectivity index (χ1n) is 5.76. The van der Waals surface area contributed by atoms with Crippen molar-refractivity contribution in [1.82, 2.24) is 15.4 Å². The van der Waals surface area contributed by atoms with Gasteiger partial charge in [-0.3, -0.25) is 0 Å². The molecule has 0 amide bonds. The van der Waals surface area contributed by atoms with Gasteiger partial charge >= 0.3 is 0 Å². The fraction of sp³-hybridized carbons (Fsp3) is 0.545. The summed E-state index contributed by atoms with van der Waals surface area (Å²) in [5, 5.41) is 16.2. The average molecular weight is 284 g/mol. The van der Waals surface area contributed by atoms with Gasteiger partial charge in [0.25, 0.3) is 0 Å². The van der Waals surface area contributed by atoms with Crippen LogP contribution in [0.3, 0.4) is 0 Å². The molecule has 0 aliphatic rings. The highest BCUT2D eigenvalue weighted by molar-refractivity contribution is 8.00. The second kappa shape index (κ2) is 6.19. The van der Waals surface area contributed by atoms with Gasteiger partial charge in [0.15, 0.2) is 4.34 Å². The van der Waals surface area contributed by atoms with E-state index in [0.717, 1.165) is 33.2 Å². The van der Waals surface area contributed by atoms with E-state index in [-0.39, 0.29) is 0 Å². The Balaban J connectivity index is 1.83. The predicted molar refractivity (Wildman–Crippen MR) is 74.0 cm³/mol. The summed E-state index contributed by atoms with van der Waals surface area (Å²) >= 11 is 3.18. The van der Waals surface area contributed by atoms with E-state index >= 15 is 0 Å². The van der Waals surface area contributed by atoms with E-state index in [1.165, 1.54) is 0 Å². The minimum Gasteiger partial charge on any atom is -0.360 e. The van der Waals surface area contributed by atoms with Crippen molar-refractivity contribution in [3.63, 3.8) is 0 Å². The number of aromatic nitrogens is 3. The average Bonchev–Trinajstić information content (AvgIpc) is 2.93. The molecule has 0 aromatic carbocycles. The molecule has 0 radical (unpaired) electrons. The fourth-order valence-electron chi connectivity index (χ4n) is 1.25. The Bertz CT molecular complexity index is 495. The van der Waals surface area contributed by atoms with Gasteiger partial charge in [-0.2, -0.15) is 0 Å². The lowest BCUT2D eigenvalue weighted by Crippen LogP contribution is -2.07. The van der Waals surface area contributed by atoms with Crippen molar-refractivity contribution in [2.45, 2.75) is 30.9 Å². The zero-order valence-corrected chi connectivity index (χ0v) is 12.3. The number of aryl methyl sites for hydroxylation is 1. The normalized spacial score (nSPS) is 11.1. The molecule has 0 unspecified atom stereocenters. The van der Waals surface area contributed by atoms with E-state index in [4.69, 9.17) is 4.52 Å². The number of hydrogen-bond donors (Lipinski definition) is 1. The number of nitrogens with one attached hydrogen (secondary N) is 1. The Morgan fingerprint density at radius 1 is 1.44 bits per heavy atom. The first kappa shape index (κ1) is 13.4. The Morgan fingerprint density at radius 3 is 2.94 bits per heavy atom. The maximum absolute atomic E-state index is 5.14. The van der Waals surface area contributed by atoms with Crippen molar-refractivity contribution in [1.29, 1.82) is 0 Å². The molecule has 18 heavy (non-hydrogen) atoms. The molecule has 0 spiro atoms. The maximum atomic E-state index is 5.14. The number of hydrogen-bond acceptors (Lipinski definition) is 7. The third kappa shape index (κ3) is 3.99. The van der Waals surface area contributed by atoms with Gasteiger partial charge in [0, 0.05) is 12.6 Å². The van der Waals surface area contributed by atoms with Crippen LogP contribution in [0.4, 0.5) is 5.13 Å². The molecule has 0 bridgehead atoms. The molecule has 2 aromatic heterocycles. The van der Waals surface area contributed by atoms with Crippen LogP contribution in [0.1, 0.15) is 25.3 Å². The van der Waals surface area contributed by atoms with Crippen molar-refractivity contribution in [3.8, 4) is 0 Å². The highest BCUT2D eigenvalue weighted by Gasteiger charge is 2.07. The third-order valence-corrected chi connectivity index (χ3v) is 4.12. The SMILES string of the molecule is Cc1cc(CSc2nnc(NCC(C)C)s2)on1. The Hall–Kier alpha value is -1.08. The summed E-state index contributed by atoms with van der Waals surface area (Å²) in [7, 11) is 0. The molecule has 0 aliphatic heterocycles. The number of anilines is 1. The summed E-state index contributed by atoms with van der Waals surface area (Å²) in [6.07, 6.45) is 0.